The number of amides is 2. The molecule has 0 saturated carbocycles. The maximum atomic E-state index is 13.9. The zero-order chi connectivity index (χ0) is 27.0. The van der Waals surface area contributed by atoms with Gasteiger partial charge in [0, 0.05) is 37.7 Å². The van der Waals surface area contributed by atoms with Crippen molar-refractivity contribution in [1.29, 1.82) is 0 Å². The molecule has 0 bridgehead atoms. The van der Waals surface area contributed by atoms with Crippen molar-refractivity contribution >= 4 is 12.0 Å². The van der Waals surface area contributed by atoms with Crippen LogP contribution in [0.1, 0.15) is 57.1 Å². The van der Waals surface area contributed by atoms with E-state index in [0.29, 0.717) is 25.4 Å². The molecular formula is C28H38F2N2O5. The van der Waals surface area contributed by atoms with E-state index in [4.69, 9.17) is 9.47 Å². The Hall–Kier alpha value is -3.20. The summed E-state index contributed by atoms with van der Waals surface area (Å²) in [5.74, 6) is -1.77. The largest absolute Gasteiger partial charge is 0.492 e. The first-order chi connectivity index (χ1) is 17.8. The first kappa shape index (κ1) is 30.0. The van der Waals surface area contributed by atoms with Crippen molar-refractivity contribution in [3.05, 3.63) is 65.2 Å². The molecule has 2 aromatic rings. The monoisotopic (exact) mass is 520 g/mol. The lowest BCUT2D eigenvalue weighted by atomic mass is 10.1. The summed E-state index contributed by atoms with van der Waals surface area (Å²) in [6.07, 6.45) is 4.58. The molecule has 0 fully saturated rings. The topological polar surface area (TPSA) is 88.1 Å². The number of rotatable bonds is 17. The Kier molecular flexibility index (Phi) is 13.4. The predicted molar refractivity (Wildman–Crippen MR) is 138 cm³/mol. The van der Waals surface area contributed by atoms with Crippen LogP contribution in [-0.2, 0) is 22.5 Å². The van der Waals surface area contributed by atoms with Crippen molar-refractivity contribution in [2.24, 2.45) is 0 Å². The third-order valence-electron chi connectivity index (χ3n) is 5.88. The number of nitrogens with zero attached hydrogens (tertiary/aromatic N) is 1. The van der Waals surface area contributed by atoms with Crippen molar-refractivity contribution in [2.75, 3.05) is 26.3 Å². The predicted octanol–water partition coefficient (Wildman–Crippen LogP) is 5.56. The lowest BCUT2D eigenvalue weighted by Crippen LogP contribution is -2.42. The smallest absolute Gasteiger partial charge is 0.333 e. The number of hydrogen-bond donors (Lipinski definition) is 2. The molecule has 0 heterocycles. The molecular weight excluding hydrogens is 482 g/mol. The van der Waals surface area contributed by atoms with E-state index in [-0.39, 0.29) is 31.2 Å². The third kappa shape index (κ3) is 11.2. The molecule has 0 aliphatic rings. The number of carboxylic acids is 1. The number of urea groups is 1. The van der Waals surface area contributed by atoms with E-state index in [1.54, 1.807) is 36.1 Å². The molecule has 1 atom stereocenters. The van der Waals surface area contributed by atoms with Gasteiger partial charge in [-0.1, -0.05) is 50.8 Å². The van der Waals surface area contributed by atoms with E-state index >= 15 is 0 Å². The summed E-state index contributed by atoms with van der Waals surface area (Å²) in [5, 5.41) is 12.0. The highest BCUT2D eigenvalue weighted by atomic mass is 19.1. The number of benzene rings is 2. The van der Waals surface area contributed by atoms with Crippen LogP contribution in [0.3, 0.4) is 0 Å². The van der Waals surface area contributed by atoms with Crippen molar-refractivity contribution in [3.63, 3.8) is 0 Å². The summed E-state index contributed by atoms with van der Waals surface area (Å²) < 4.78 is 38.1. The number of carboxylic acid groups (broad SMARTS) is 1. The Balaban J connectivity index is 1.89. The second kappa shape index (κ2) is 16.5. The van der Waals surface area contributed by atoms with E-state index in [9.17, 15) is 23.5 Å². The van der Waals surface area contributed by atoms with Crippen LogP contribution in [-0.4, -0.2) is 54.4 Å². The quantitative estimate of drug-likeness (QED) is 0.267. The van der Waals surface area contributed by atoms with Crippen molar-refractivity contribution in [3.8, 4) is 5.75 Å². The molecule has 2 N–H and O–H groups in total. The summed E-state index contributed by atoms with van der Waals surface area (Å²) in [6, 6.07) is 10.0. The first-order valence-electron chi connectivity index (χ1n) is 12.9. The Labute approximate surface area is 217 Å². The Morgan fingerprint density at radius 1 is 1.00 bits per heavy atom. The Morgan fingerprint density at radius 2 is 1.73 bits per heavy atom. The number of ether oxygens (including phenoxy) is 2. The van der Waals surface area contributed by atoms with Crippen molar-refractivity contribution in [2.45, 2.75) is 65.0 Å². The van der Waals surface area contributed by atoms with Crippen LogP contribution in [0.15, 0.2) is 42.5 Å². The maximum absolute atomic E-state index is 13.9. The minimum atomic E-state index is -1.00. The number of carbonyl (C=O) groups is 2. The number of hydrogen-bond acceptors (Lipinski definition) is 4. The van der Waals surface area contributed by atoms with Crippen LogP contribution >= 0.6 is 0 Å². The fourth-order valence-corrected chi connectivity index (χ4v) is 3.80. The standard InChI is InChI=1S/C28H38F2N2O5/c1-3-5-6-7-8-15-32(28(35)31-20-22-11-12-23(29)19-25(22)30)16-17-37-24-13-9-21(10-14-24)18-26(27(33)34)36-4-2/h9-14,19,26H,3-8,15-18,20H2,1-2H3,(H,31,35)(H,33,34). The molecule has 2 rings (SSSR count). The fourth-order valence-electron chi connectivity index (χ4n) is 3.80. The van der Waals surface area contributed by atoms with Crippen LogP contribution in [0, 0.1) is 11.6 Å². The number of nitrogens with one attached hydrogen (secondary N) is 1. The van der Waals surface area contributed by atoms with Crippen LogP contribution in [0.25, 0.3) is 0 Å². The van der Waals surface area contributed by atoms with Gasteiger partial charge in [-0.25, -0.2) is 18.4 Å². The van der Waals surface area contributed by atoms with E-state index in [1.807, 2.05) is 0 Å². The molecule has 1 unspecified atom stereocenters. The molecule has 0 aliphatic heterocycles. The van der Waals surface area contributed by atoms with E-state index < -0.39 is 23.7 Å². The third-order valence-corrected chi connectivity index (χ3v) is 5.88. The zero-order valence-electron chi connectivity index (χ0n) is 21.7. The van der Waals surface area contributed by atoms with Gasteiger partial charge in [-0.15, -0.1) is 0 Å². The van der Waals surface area contributed by atoms with Crippen molar-refractivity contribution < 1.29 is 33.0 Å². The molecule has 7 nitrogen and oxygen atoms in total. The van der Waals surface area contributed by atoms with Gasteiger partial charge >= 0.3 is 12.0 Å². The molecule has 0 saturated heterocycles. The maximum Gasteiger partial charge on any atom is 0.333 e. The number of unbranched alkanes of at least 4 members (excludes halogenated alkanes) is 4. The molecule has 0 aromatic heterocycles. The molecule has 0 spiro atoms. The molecule has 9 heteroatoms. The summed E-state index contributed by atoms with van der Waals surface area (Å²) in [7, 11) is 0. The fraction of sp³-hybridized carbons (Fsp3) is 0.500. The van der Waals surface area contributed by atoms with Crippen LogP contribution in [0.4, 0.5) is 13.6 Å². The highest BCUT2D eigenvalue weighted by Gasteiger charge is 2.18. The van der Waals surface area contributed by atoms with E-state index in [1.165, 1.54) is 6.07 Å². The molecule has 0 radical (unpaired) electrons. The first-order valence-corrected chi connectivity index (χ1v) is 12.9. The number of aliphatic carboxylic acids is 1. The lowest BCUT2D eigenvalue weighted by Gasteiger charge is -2.23. The summed E-state index contributed by atoms with van der Waals surface area (Å²) in [5.41, 5.74) is 1.03. The summed E-state index contributed by atoms with van der Waals surface area (Å²) in [4.78, 5) is 25.7. The lowest BCUT2D eigenvalue weighted by molar-refractivity contribution is -0.149. The van der Waals surface area contributed by atoms with Gasteiger partial charge < -0.3 is 24.8 Å². The second-order valence-electron chi connectivity index (χ2n) is 8.77. The minimum absolute atomic E-state index is 0.0430. The van der Waals surface area contributed by atoms with Gasteiger partial charge in [-0.05, 0) is 37.1 Å². The normalized spacial score (nSPS) is 11.7. The van der Waals surface area contributed by atoms with Crippen LogP contribution in [0.5, 0.6) is 5.75 Å². The van der Waals surface area contributed by atoms with Gasteiger partial charge in [0.15, 0.2) is 6.10 Å². The van der Waals surface area contributed by atoms with Gasteiger partial charge in [0.25, 0.3) is 0 Å². The molecule has 0 aliphatic carbocycles. The van der Waals surface area contributed by atoms with E-state index in [2.05, 4.69) is 12.2 Å². The molecule has 204 valence electrons. The van der Waals surface area contributed by atoms with Gasteiger partial charge in [0.05, 0.1) is 6.54 Å². The number of carbonyl (C=O) groups excluding carboxylic acids is 1. The summed E-state index contributed by atoms with van der Waals surface area (Å²) in [6.45, 7) is 5.29. The molecule has 2 aromatic carbocycles. The second-order valence-corrected chi connectivity index (χ2v) is 8.77. The van der Waals surface area contributed by atoms with Crippen LogP contribution < -0.4 is 10.1 Å². The van der Waals surface area contributed by atoms with E-state index in [0.717, 1.165) is 49.8 Å². The molecule has 37 heavy (non-hydrogen) atoms. The Morgan fingerprint density at radius 3 is 2.38 bits per heavy atom. The summed E-state index contributed by atoms with van der Waals surface area (Å²) >= 11 is 0. The van der Waals surface area contributed by atoms with Crippen LogP contribution in [0.2, 0.25) is 0 Å². The number of halogens is 2. The highest BCUT2D eigenvalue weighted by molar-refractivity contribution is 5.74. The van der Waals surface area contributed by atoms with Gasteiger partial charge in [0.1, 0.15) is 24.0 Å². The average molecular weight is 521 g/mol. The van der Waals surface area contributed by atoms with Gasteiger partial charge in [-0.2, -0.15) is 0 Å². The van der Waals surface area contributed by atoms with Gasteiger partial charge in [-0.3, -0.25) is 0 Å². The minimum Gasteiger partial charge on any atom is -0.492 e. The highest BCUT2D eigenvalue weighted by Crippen LogP contribution is 2.15. The average Bonchev–Trinajstić information content (AvgIpc) is 2.87. The van der Waals surface area contributed by atoms with Gasteiger partial charge in [0.2, 0.25) is 0 Å². The molecule has 2 amide bonds. The Bertz CT molecular complexity index is 972. The van der Waals surface area contributed by atoms with Crippen molar-refractivity contribution in [1.82, 2.24) is 10.2 Å². The zero-order valence-corrected chi connectivity index (χ0v) is 21.7. The SMILES string of the molecule is CCCCCCCN(CCOc1ccc(CC(OCC)C(=O)O)cc1)C(=O)NCc1ccc(F)cc1F.